The molecule has 0 aromatic carbocycles. The average Bonchev–Trinajstić information content (AvgIpc) is 2.02. The van der Waals surface area contributed by atoms with Gasteiger partial charge in [0.1, 0.15) is 11.6 Å². The molecule has 0 N–H and O–H groups in total. The summed E-state index contributed by atoms with van der Waals surface area (Å²) in [5, 5.41) is 8.83. The molecular weight excluding hydrogens is 176 g/mol. The molecule has 1 heterocycles. The van der Waals surface area contributed by atoms with Crippen molar-refractivity contribution in [2.75, 3.05) is 0 Å². The summed E-state index contributed by atoms with van der Waals surface area (Å²) >= 11 is 0. The highest BCUT2D eigenvalue weighted by atomic mass is 16.1. The van der Waals surface area contributed by atoms with Crippen molar-refractivity contribution in [3.05, 3.63) is 33.7 Å². The number of nitrogens with zero attached hydrogens (tertiary/aromatic N) is 2. The fraction of sp³-hybridized carbons (Fsp3) is 0.455. The van der Waals surface area contributed by atoms with Gasteiger partial charge in [0.25, 0.3) is 5.56 Å². The lowest BCUT2D eigenvalue weighted by molar-refractivity contribution is 0.383. The van der Waals surface area contributed by atoms with Crippen LogP contribution in [0.25, 0.3) is 0 Å². The third kappa shape index (κ3) is 1.69. The Morgan fingerprint density at radius 2 is 2.00 bits per heavy atom. The lowest BCUT2D eigenvalue weighted by atomic mass is 10.1. The second-order valence-electron chi connectivity index (χ2n) is 4.33. The highest BCUT2D eigenvalue weighted by molar-refractivity contribution is 5.34. The van der Waals surface area contributed by atoms with Crippen molar-refractivity contribution in [1.82, 2.24) is 4.57 Å². The van der Waals surface area contributed by atoms with Crippen molar-refractivity contribution < 1.29 is 0 Å². The van der Waals surface area contributed by atoms with Crippen LogP contribution < -0.4 is 5.56 Å². The van der Waals surface area contributed by atoms with Crippen LogP contribution in [0.15, 0.2) is 17.1 Å². The molecule has 74 valence electrons. The SMILES string of the molecule is Cc1ccn(C(C)(C)C)c(=O)c1C#N. The van der Waals surface area contributed by atoms with Gasteiger partial charge in [0.15, 0.2) is 0 Å². The van der Waals surface area contributed by atoms with Gasteiger partial charge in [-0.1, -0.05) is 0 Å². The van der Waals surface area contributed by atoms with E-state index in [1.165, 1.54) is 0 Å². The van der Waals surface area contributed by atoms with E-state index in [-0.39, 0.29) is 16.7 Å². The maximum atomic E-state index is 11.8. The van der Waals surface area contributed by atoms with E-state index in [0.29, 0.717) is 0 Å². The molecule has 0 amide bonds. The highest BCUT2D eigenvalue weighted by Crippen LogP contribution is 2.11. The Kier molecular flexibility index (Phi) is 2.48. The Morgan fingerprint density at radius 3 is 2.43 bits per heavy atom. The molecule has 1 rings (SSSR count). The lowest BCUT2D eigenvalue weighted by Crippen LogP contribution is -2.34. The predicted molar refractivity (Wildman–Crippen MR) is 55.2 cm³/mol. The molecule has 0 saturated carbocycles. The fourth-order valence-electron chi connectivity index (χ4n) is 1.29. The number of aryl methyl sites for hydroxylation is 1. The van der Waals surface area contributed by atoms with Gasteiger partial charge in [-0.3, -0.25) is 4.79 Å². The summed E-state index contributed by atoms with van der Waals surface area (Å²) in [6.07, 6.45) is 1.73. The van der Waals surface area contributed by atoms with Gasteiger partial charge in [-0.15, -0.1) is 0 Å². The monoisotopic (exact) mass is 190 g/mol. The second-order valence-corrected chi connectivity index (χ2v) is 4.33. The van der Waals surface area contributed by atoms with Crippen molar-refractivity contribution in [3.63, 3.8) is 0 Å². The second kappa shape index (κ2) is 3.30. The quantitative estimate of drug-likeness (QED) is 0.626. The maximum Gasteiger partial charge on any atom is 0.269 e. The molecule has 0 unspecified atom stereocenters. The molecule has 0 atom stereocenters. The molecule has 1 aromatic rings. The first kappa shape index (κ1) is 10.5. The zero-order chi connectivity index (χ0) is 10.9. The van der Waals surface area contributed by atoms with Crippen LogP contribution >= 0.6 is 0 Å². The molecular formula is C11H14N2O. The van der Waals surface area contributed by atoms with E-state index in [0.717, 1.165) is 5.56 Å². The van der Waals surface area contributed by atoms with E-state index in [4.69, 9.17) is 5.26 Å². The van der Waals surface area contributed by atoms with Crippen LogP contribution in [-0.4, -0.2) is 4.57 Å². The first-order chi connectivity index (χ1) is 6.38. The Morgan fingerprint density at radius 1 is 1.43 bits per heavy atom. The first-order valence-corrected chi connectivity index (χ1v) is 4.51. The van der Waals surface area contributed by atoms with E-state index >= 15 is 0 Å². The van der Waals surface area contributed by atoms with Gasteiger partial charge in [-0.2, -0.15) is 5.26 Å². The van der Waals surface area contributed by atoms with Crippen LogP contribution in [0.2, 0.25) is 0 Å². The van der Waals surface area contributed by atoms with Gasteiger partial charge >= 0.3 is 0 Å². The summed E-state index contributed by atoms with van der Waals surface area (Å²) in [5.41, 5.74) is 0.483. The molecule has 0 spiro atoms. The fourth-order valence-corrected chi connectivity index (χ4v) is 1.29. The van der Waals surface area contributed by atoms with E-state index in [1.54, 1.807) is 23.8 Å². The van der Waals surface area contributed by atoms with Crippen molar-refractivity contribution >= 4 is 0 Å². The smallest absolute Gasteiger partial charge is 0.269 e. The van der Waals surface area contributed by atoms with E-state index in [9.17, 15) is 4.79 Å². The van der Waals surface area contributed by atoms with Gasteiger partial charge in [0.2, 0.25) is 0 Å². The van der Waals surface area contributed by atoms with Crippen LogP contribution in [0, 0.1) is 18.3 Å². The molecule has 3 heteroatoms. The topological polar surface area (TPSA) is 45.8 Å². The van der Waals surface area contributed by atoms with Gasteiger partial charge in [0, 0.05) is 11.7 Å². The number of hydrogen-bond donors (Lipinski definition) is 0. The van der Waals surface area contributed by atoms with Gasteiger partial charge in [-0.05, 0) is 39.3 Å². The molecule has 0 aliphatic rings. The Labute approximate surface area is 83.6 Å². The van der Waals surface area contributed by atoms with Crippen molar-refractivity contribution in [1.29, 1.82) is 5.26 Å². The molecule has 0 aliphatic heterocycles. The molecule has 0 radical (unpaired) electrons. The summed E-state index contributed by atoms with van der Waals surface area (Å²) < 4.78 is 1.58. The predicted octanol–water partition coefficient (Wildman–Crippen LogP) is 1.78. The Hall–Kier alpha value is -1.56. The molecule has 1 aromatic heterocycles. The van der Waals surface area contributed by atoms with Gasteiger partial charge in [-0.25, -0.2) is 0 Å². The highest BCUT2D eigenvalue weighted by Gasteiger charge is 2.16. The molecule has 0 aliphatic carbocycles. The van der Waals surface area contributed by atoms with Crippen LogP contribution in [0.5, 0.6) is 0 Å². The molecule has 14 heavy (non-hydrogen) atoms. The van der Waals surface area contributed by atoms with Crippen molar-refractivity contribution in [3.8, 4) is 6.07 Å². The number of rotatable bonds is 0. The minimum absolute atomic E-state index is 0.208. The minimum Gasteiger partial charge on any atom is -0.309 e. The lowest BCUT2D eigenvalue weighted by Gasteiger charge is -2.22. The van der Waals surface area contributed by atoms with E-state index in [1.807, 2.05) is 26.8 Å². The van der Waals surface area contributed by atoms with Crippen LogP contribution in [0.4, 0.5) is 0 Å². The van der Waals surface area contributed by atoms with E-state index < -0.39 is 0 Å². The van der Waals surface area contributed by atoms with Gasteiger partial charge < -0.3 is 4.57 Å². The number of hydrogen-bond acceptors (Lipinski definition) is 2. The van der Waals surface area contributed by atoms with Crippen molar-refractivity contribution in [2.45, 2.75) is 33.2 Å². The average molecular weight is 190 g/mol. The van der Waals surface area contributed by atoms with Crippen LogP contribution in [0.3, 0.4) is 0 Å². The van der Waals surface area contributed by atoms with Crippen molar-refractivity contribution in [2.24, 2.45) is 0 Å². The standard InChI is InChI=1S/C11H14N2O/c1-8-5-6-13(11(2,3)4)10(14)9(8)7-12/h5-6H,1-4H3. The third-order valence-corrected chi connectivity index (χ3v) is 2.14. The zero-order valence-electron chi connectivity index (χ0n) is 8.96. The Bertz CT molecular complexity index is 444. The summed E-state index contributed by atoms with van der Waals surface area (Å²) in [7, 11) is 0. The summed E-state index contributed by atoms with van der Waals surface area (Å²) in [6.45, 7) is 7.58. The number of nitriles is 1. The number of pyridine rings is 1. The molecule has 0 fully saturated rings. The normalized spacial score (nSPS) is 11.1. The summed E-state index contributed by atoms with van der Waals surface area (Å²) in [5.74, 6) is 0. The largest absolute Gasteiger partial charge is 0.309 e. The summed E-state index contributed by atoms with van der Waals surface area (Å²) in [4.78, 5) is 11.8. The molecule has 3 nitrogen and oxygen atoms in total. The van der Waals surface area contributed by atoms with Gasteiger partial charge in [0.05, 0.1) is 0 Å². The minimum atomic E-state index is -0.281. The number of aromatic nitrogens is 1. The summed E-state index contributed by atoms with van der Waals surface area (Å²) in [6, 6.07) is 3.74. The zero-order valence-corrected chi connectivity index (χ0v) is 8.96. The first-order valence-electron chi connectivity index (χ1n) is 4.51. The third-order valence-electron chi connectivity index (χ3n) is 2.14. The maximum absolute atomic E-state index is 11.8. The molecule has 0 saturated heterocycles. The molecule has 0 bridgehead atoms. The van der Waals surface area contributed by atoms with E-state index in [2.05, 4.69) is 0 Å². The Balaban J connectivity index is 3.55. The van der Waals surface area contributed by atoms with Crippen LogP contribution in [-0.2, 0) is 5.54 Å². The van der Waals surface area contributed by atoms with Crippen LogP contribution in [0.1, 0.15) is 31.9 Å².